The fraction of sp³-hybridized carbons (Fsp3) is 0.846. The Labute approximate surface area is 109 Å². The molecule has 0 aliphatic rings. The second kappa shape index (κ2) is 8.21. The molecule has 0 spiro atoms. The van der Waals surface area contributed by atoms with Crippen molar-refractivity contribution in [3.63, 3.8) is 0 Å². The van der Waals surface area contributed by atoms with Gasteiger partial charge in [-0.1, -0.05) is 19.0 Å². The van der Waals surface area contributed by atoms with Crippen molar-refractivity contribution in [1.82, 2.24) is 10.1 Å². The monoisotopic (exact) mass is 255 g/mol. The van der Waals surface area contributed by atoms with Crippen molar-refractivity contribution in [2.75, 3.05) is 19.8 Å². The summed E-state index contributed by atoms with van der Waals surface area (Å²) in [6, 6.07) is 0. The first-order valence-corrected chi connectivity index (χ1v) is 6.75. The molecule has 1 aromatic rings. The van der Waals surface area contributed by atoms with Gasteiger partial charge in [0, 0.05) is 19.4 Å². The van der Waals surface area contributed by atoms with Gasteiger partial charge in [0.15, 0.2) is 5.82 Å². The van der Waals surface area contributed by atoms with Crippen LogP contribution >= 0.6 is 0 Å². The van der Waals surface area contributed by atoms with E-state index in [-0.39, 0.29) is 0 Å². The van der Waals surface area contributed by atoms with Crippen molar-refractivity contribution in [3.8, 4) is 0 Å². The van der Waals surface area contributed by atoms with Crippen molar-refractivity contribution in [2.45, 2.75) is 40.0 Å². The Morgan fingerprint density at radius 2 is 2.17 bits per heavy atom. The molecule has 104 valence electrons. The number of nitrogens with zero attached hydrogens (tertiary/aromatic N) is 2. The lowest BCUT2D eigenvalue weighted by atomic mass is 9.94. The molecule has 0 aromatic carbocycles. The normalized spacial score (nSPS) is 13.2. The predicted molar refractivity (Wildman–Crippen MR) is 70.2 cm³/mol. The first kappa shape index (κ1) is 15.1. The van der Waals surface area contributed by atoms with Crippen molar-refractivity contribution < 1.29 is 9.26 Å². The van der Waals surface area contributed by atoms with Crippen LogP contribution in [0.2, 0.25) is 0 Å². The molecule has 5 heteroatoms. The summed E-state index contributed by atoms with van der Waals surface area (Å²) in [6.45, 7) is 8.39. The van der Waals surface area contributed by atoms with Crippen LogP contribution in [0.15, 0.2) is 4.52 Å². The number of ether oxygens (including phenoxy) is 1. The standard InChI is InChI=1S/C13H25N3O2/c1-4-17-6-5-12-15-13(18-16-12)8-11(9-14)7-10(2)3/h10-11H,4-9,14H2,1-3H3/t11-/m0/s1. The Morgan fingerprint density at radius 1 is 1.39 bits per heavy atom. The molecule has 0 bridgehead atoms. The highest BCUT2D eigenvalue weighted by molar-refractivity contribution is 4.88. The summed E-state index contributed by atoms with van der Waals surface area (Å²) in [7, 11) is 0. The molecule has 0 unspecified atom stereocenters. The zero-order valence-electron chi connectivity index (χ0n) is 11.7. The van der Waals surface area contributed by atoms with E-state index in [0.29, 0.717) is 43.9 Å². The van der Waals surface area contributed by atoms with Crippen LogP contribution in [0.3, 0.4) is 0 Å². The fourth-order valence-corrected chi connectivity index (χ4v) is 1.96. The minimum atomic E-state index is 0.421. The number of nitrogens with two attached hydrogens (primary N) is 1. The molecule has 0 amide bonds. The van der Waals surface area contributed by atoms with E-state index >= 15 is 0 Å². The van der Waals surface area contributed by atoms with E-state index in [1.807, 2.05) is 6.92 Å². The zero-order valence-corrected chi connectivity index (χ0v) is 11.7. The van der Waals surface area contributed by atoms with Crippen LogP contribution in [0.5, 0.6) is 0 Å². The van der Waals surface area contributed by atoms with E-state index in [0.717, 1.165) is 18.7 Å². The number of hydrogen-bond acceptors (Lipinski definition) is 5. The molecule has 1 aromatic heterocycles. The summed E-state index contributed by atoms with van der Waals surface area (Å²) < 4.78 is 10.5. The van der Waals surface area contributed by atoms with Crippen LogP contribution in [-0.4, -0.2) is 29.9 Å². The average Bonchev–Trinajstić information content (AvgIpc) is 2.76. The van der Waals surface area contributed by atoms with Crippen LogP contribution < -0.4 is 5.73 Å². The van der Waals surface area contributed by atoms with Gasteiger partial charge in [-0.15, -0.1) is 0 Å². The van der Waals surface area contributed by atoms with Gasteiger partial charge in [-0.25, -0.2) is 0 Å². The Morgan fingerprint density at radius 3 is 2.78 bits per heavy atom. The maximum atomic E-state index is 5.76. The van der Waals surface area contributed by atoms with Gasteiger partial charge >= 0.3 is 0 Å². The van der Waals surface area contributed by atoms with E-state index in [2.05, 4.69) is 24.0 Å². The Kier molecular flexibility index (Phi) is 6.90. The predicted octanol–water partition coefficient (Wildman–Crippen LogP) is 1.81. The van der Waals surface area contributed by atoms with Gasteiger partial charge in [-0.3, -0.25) is 0 Å². The number of aromatic nitrogens is 2. The highest BCUT2D eigenvalue weighted by atomic mass is 16.5. The summed E-state index contributed by atoms with van der Waals surface area (Å²) in [5.74, 6) is 2.47. The first-order chi connectivity index (χ1) is 8.65. The molecule has 1 atom stereocenters. The van der Waals surface area contributed by atoms with Gasteiger partial charge in [0.05, 0.1) is 6.61 Å². The summed E-state index contributed by atoms with van der Waals surface area (Å²) in [5.41, 5.74) is 5.76. The molecule has 1 heterocycles. The van der Waals surface area contributed by atoms with E-state index in [4.69, 9.17) is 15.0 Å². The van der Waals surface area contributed by atoms with Crippen LogP contribution in [-0.2, 0) is 17.6 Å². The second-order valence-corrected chi connectivity index (χ2v) is 4.99. The van der Waals surface area contributed by atoms with Crippen LogP contribution in [0.4, 0.5) is 0 Å². The molecular weight excluding hydrogens is 230 g/mol. The largest absolute Gasteiger partial charge is 0.381 e. The Balaban J connectivity index is 2.41. The van der Waals surface area contributed by atoms with Gasteiger partial charge in [0.1, 0.15) is 0 Å². The Hall–Kier alpha value is -0.940. The highest BCUT2D eigenvalue weighted by Gasteiger charge is 2.14. The summed E-state index contributed by atoms with van der Waals surface area (Å²) in [4.78, 5) is 4.36. The van der Waals surface area contributed by atoms with Gasteiger partial charge < -0.3 is 15.0 Å². The number of hydrogen-bond donors (Lipinski definition) is 1. The van der Waals surface area contributed by atoms with Crippen LogP contribution in [0, 0.1) is 11.8 Å². The van der Waals surface area contributed by atoms with Crippen LogP contribution in [0.1, 0.15) is 38.9 Å². The van der Waals surface area contributed by atoms with Gasteiger partial charge in [0.2, 0.25) is 5.89 Å². The smallest absolute Gasteiger partial charge is 0.226 e. The van der Waals surface area contributed by atoms with Crippen molar-refractivity contribution in [1.29, 1.82) is 0 Å². The molecule has 0 saturated heterocycles. The van der Waals surface area contributed by atoms with Crippen LogP contribution in [0.25, 0.3) is 0 Å². The molecular formula is C13H25N3O2. The van der Waals surface area contributed by atoms with Crippen molar-refractivity contribution in [3.05, 3.63) is 11.7 Å². The van der Waals surface area contributed by atoms with E-state index in [1.54, 1.807) is 0 Å². The summed E-state index contributed by atoms with van der Waals surface area (Å²) >= 11 is 0. The van der Waals surface area contributed by atoms with Crippen molar-refractivity contribution >= 4 is 0 Å². The van der Waals surface area contributed by atoms with E-state index in [9.17, 15) is 0 Å². The number of rotatable bonds is 9. The Bertz CT molecular complexity index is 326. The quantitative estimate of drug-likeness (QED) is 0.681. The maximum absolute atomic E-state index is 5.76. The zero-order chi connectivity index (χ0) is 13.4. The highest BCUT2D eigenvalue weighted by Crippen LogP contribution is 2.15. The lowest BCUT2D eigenvalue weighted by molar-refractivity contribution is 0.149. The summed E-state index contributed by atoms with van der Waals surface area (Å²) in [6.07, 6.45) is 2.57. The molecule has 0 aliphatic carbocycles. The third-order valence-corrected chi connectivity index (χ3v) is 2.79. The van der Waals surface area contributed by atoms with Crippen molar-refractivity contribution in [2.24, 2.45) is 17.6 Å². The molecule has 0 fully saturated rings. The third kappa shape index (κ3) is 5.60. The first-order valence-electron chi connectivity index (χ1n) is 6.75. The molecule has 0 radical (unpaired) electrons. The molecule has 1 rings (SSSR count). The molecule has 0 saturated carbocycles. The third-order valence-electron chi connectivity index (χ3n) is 2.79. The van der Waals surface area contributed by atoms with Gasteiger partial charge in [0.25, 0.3) is 0 Å². The molecule has 18 heavy (non-hydrogen) atoms. The topological polar surface area (TPSA) is 74.2 Å². The average molecular weight is 255 g/mol. The maximum Gasteiger partial charge on any atom is 0.226 e. The minimum Gasteiger partial charge on any atom is -0.381 e. The lowest BCUT2D eigenvalue weighted by Crippen LogP contribution is -2.19. The fourth-order valence-electron chi connectivity index (χ4n) is 1.96. The van der Waals surface area contributed by atoms with Gasteiger partial charge in [-0.2, -0.15) is 4.98 Å². The second-order valence-electron chi connectivity index (χ2n) is 4.99. The minimum absolute atomic E-state index is 0.421. The SMILES string of the molecule is CCOCCc1noc(C[C@@H](CN)CC(C)C)n1. The molecule has 5 nitrogen and oxygen atoms in total. The lowest BCUT2D eigenvalue weighted by Gasteiger charge is -2.14. The van der Waals surface area contributed by atoms with E-state index in [1.165, 1.54) is 0 Å². The summed E-state index contributed by atoms with van der Waals surface area (Å²) in [5, 5.41) is 3.95. The van der Waals surface area contributed by atoms with E-state index < -0.39 is 0 Å². The molecule has 2 N–H and O–H groups in total. The van der Waals surface area contributed by atoms with Gasteiger partial charge in [-0.05, 0) is 31.7 Å². The molecule has 0 aliphatic heterocycles.